The monoisotopic (exact) mass is 321 g/mol. The molecular formula is C17H18F3N3. The first kappa shape index (κ1) is 15.8. The number of rotatable bonds is 2. The van der Waals surface area contributed by atoms with Crippen LogP contribution in [0.5, 0.6) is 0 Å². The van der Waals surface area contributed by atoms with Crippen LogP contribution in [0.25, 0.3) is 11.3 Å². The molecule has 0 radical (unpaired) electrons. The summed E-state index contributed by atoms with van der Waals surface area (Å²) in [5.74, 6) is 1.37. The largest absolute Gasteiger partial charge is 0.416 e. The molecule has 0 N–H and O–H groups in total. The van der Waals surface area contributed by atoms with Gasteiger partial charge in [0.15, 0.2) is 0 Å². The van der Waals surface area contributed by atoms with Crippen molar-refractivity contribution in [2.75, 3.05) is 18.0 Å². The molecule has 3 rings (SSSR count). The standard InChI is InChI=1S/C17H18F3N3/c1-12-21-15(11-16(22-12)23-8-3-2-4-9-23)13-6-5-7-14(10-13)17(18,19)20/h5-7,10-11H,2-4,8-9H2,1H3. The lowest BCUT2D eigenvalue weighted by Gasteiger charge is -2.28. The van der Waals surface area contributed by atoms with E-state index >= 15 is 0 Å². The molecule has 1 aliphatic rings. The first-order chi connectivity index (χ1) is 10.9. The number of halogens is 3. The van der Waals surface area contributed by atoms with E-state index in [1.165, 1.54) is 12.5 Å². The minimum Gasteiger partial charge on any atom is -0.356 e. The van der Waals surface area contributed by atoms with Gasteiger partial charge in [0, 0.05) is 24.7 Å². The predicted molar refractivity (Wildman–Crippen MR) is 83.3 cm³/mol. The number of hydrogen-bond acceptors (Lipinski definition) is 3. The fourth-order valence-electron chi connectivity index (χ4n) is 2.84. The Labute approximate surface area is 133 Å². The number of aromatic nitrogens is 2. The normalized spacial score (nSPS) is 15.7. The second-order valence-electron chi connectivity index (χ2n) is 5.78. The maximum atomic E-state index is 12.9. The average molecular weight is 321 g/mol. The molecule has 1 aromatic heterocycles. The maximum Gasteiger partial charge on any atom is 0.416 e. The highest BCUT2D eigenvalue weighted by Crippen LogP contribution is 2.32. The molecule has 0 saturated carbocycles. The van der Waals surface area contributed by atoms with Crippen LogP contribution in [0.4, 0.5) is 19.0 Å². The van der Waals surface area contributed by atoms with Gasteiger partial charge in [-0.3, -0.25) is 0 Å². The number of benzene rings is 1. The smallest absolute Gasteiger partial charge is 0.356 e. The lowest BCUT2D eigenvalue weighted by Crippen LogP contribution is -2.30. The van der Waals surface area contributed by atoms with E-state index in [1.807, 2.05) is 0 Å². The molecule has 3 nitrogen and oxygen atoms in total. The second-order valence-corrected chi connectivity index (χ2v) is 5.78. The van der Waals surface area contributed by atoms with Crippen molar-refractivity contribution in [3.05, 3.63) is 41.7 Å². The molecule has 0 spiro atoms. The molecule has 2 heterocycles. The van der Waals surface area contributed by atoms with Crippen molar-refractivity contribution in [3.8, 4) is 11.3 Å². The molecule has 0 unspecified atom stereocenters. The SMILES string of the molecule is Cc1nc(-c2cccc(C(F)(F)F)c2)cc(N2CCCCC2)n1. The van der Waals surface area contributed by atoms with Gasteiger partial charge in [-0.15, -0.1) is 0 Å². The van der Waals surface area contributed by atoms with E-state index < -0.39 is 11.7 Å². The highest BCUT2D eigenvalue weighted by atomic mass is 19.4. The third-order valence-electron chi connectivity index (χ3n) is 3.99. The van der Waals surface area contributed by atoms with Crippen LogP contribution in [-0.2, 0) is 6.18 Å². The topological polar surface area (TPSA) is 29.0 Å². The number of aryl methyl sites for hydroxylation is 1. The van der Waals surface area contributed by atoms with Crippen LogP contribution >= 0.6 is 0 Å². The van der Waals surface area contributed by atoms with Crippen LogP contribution in [0.2, 0.25) is 0 Å². The van der Waals surface area contributed by atoms with Crippen LogP contribution in [0.15, 0.2) is 30.3 Å². The fraction of sp³-hybridized carbons (Fsp3) is 0.412. The zero-order valence-electron chi connectivity index (χ0n) is 12.9. The third-order valence-corrected chi connectivity index (χ3v) is 3.99. The van der Waals surface area contributed by atoms with E-state index in [9.17, 15) is 13.2 Å². The molecule has 0 amide bonds. The zero-order chi connectivity index (χ0) is 16.4. The zero-order valence-corrected chi connectivity index (χ0v) is 12.9. The Morgan fingerprint density at radius 3 is 2.43 bits per heavy atom. The number of hydrogen-bond donors (Lipinski definition) is 0. The summed E-state index contributed by atoms with van der Waals surface area (Å²) in [5, 5.41) is 0. The Balaban J connectivity index is 1.98. The van der Waals surface area contributed by atoms with E-state index in [4.69, 9.17) is 0 Å². The second kappa shape index (κ2) is 6.18. The summed E-state index contributed by atoms with van der Waals surface area (Å²) >= 11 is 0. The summed E-state index contributed by atoms with van der Waals surface area (Å²) < 4.78 is 38.7. The van der Waals surface area contributed by atoms with Gasteiger partial charge in [0.25, 0.3) is 0 Å². The number of piperidine rings is 1. The van der Waals surface area contributed by atoms with E-state index in [2.05, 4.69) is 14.9 Å². The molecule has 0 atom stereocenters. The van der Waals surface area contributed by atoms with Crippen molar-refractivity contribution in [2.24, 2.45) is 0 Å². The van der Waals surface area contributed by atoms with Crippen molar-refractivity contribution in [2.45, 2.75) is 32.4 Å². The van der Waals surface area contributed by atoms with Crippen molar-refractivity contribution in [1.82, 2.24) is 9.97 Å². The molecule has 1 aromatic carbocycles. The van der Waals surface area contributed by atoms with Gasteiger partial charge in [-0.05, 0) is 38.3 Å². The van der Waals surface area contributed by atoms with Gasteiger partial charge in [0.05, 0.1) is 11.3 Å². The highest BCUT2D eigenvalue weighted by molar-refractivity contribution is 5.64. The van der Waals surface area contributed by atoms with Gasteiger partial charge in [-0.2, -0.15) is 13.2 Å². The third kappa shape index (κ3) is 3.63. The highest BCUT2D eigenvalue weighted by Gasteiger charge is 2.30. The van der Waals surface area contributed by atoms with E-state index in [-0.39, 0.29) is 0 Å². The predicted octanol–water partition coefficient (Wildman–Crippen LogP) is 4.46. The molecule has 2 aromatic rings. The Morgan fingerprint density at radius 1 is 1.00 bits per heavy atom. The number of alkyl halides is 3. The Bertz CT molecular complexity index is 692. The summed E-state index contributed by atoms with van der Waals surface area (Å²) in [6, 6.07) is 7.06. The van der Waals surface area contributed by atoms with Gasteiger partial charge in [-0.25, -0.2) is 9.97 Å². The molecule has 6 heteroatoms. The molecule has 1 aliphatic heterocycles. The molecule has 0 bridgehead atoms. The van der Waals surface area contributed by atoms with Crippen molar-refractivity contribution >= 4 is 5.82 Å². The van der Waals surface area contributed by atoms with Gasteiger partial charge in [0.2, 0.25) is 0 Å². The van der Waals surface area contributed by atoms with Crippen LogP contribution < -0.4 is 4.90 Å². The summed E-state index contributed by atoms with van der Waals surface area (Å²) in [7, 11) is 0. The lowest BCUT2D eigenvalue weighted by molar-refractivity contribution is -0.137. The summed E-state index contributed by atoms with van der Waals surface area (Å²) in [4.78, 5) is 10.9. The van der Waals surface area contributed by atoms with Crippen molar-refractivity contribution in [1.29, 1.82) is 0 Å². The molecule has 122 valence electrons. The molecule has 1 saturated heterocycles. The quantitative estimate of drug-likeness (QED) is 0.817. The number of anilines is 1. The van der Waals surface area contributed by atoms with Crippen molar-refractivity contribution in [3.63, 3.8) is 0 Å². The van der Waals surface area contributed by atoms with E-state index in [0.29, 0.717) is 17.1 Å². The molecular weight excluding hydrogens is 303 g/mol. The maximum absolute atomic E-state index is 12.9. The minimum absolute atomic E-state index is 0.462. The Morgan fingerprint density at radius 2 is 1.74 bits per heavy atom. The average Bonchev–Trinajstić information content (AvgIpc) is 2.54. The van der Waals surface area contributed by atoms with Crippen LogP contribution in [0.3, 0.4) is 0 Å². The van der Waals surface area contributed by atoms with E-state index in [1.54, 1.807) is 19.1 Å². The lowest BCUT2D eigenvalue weighted by atomic mass is 10.1. The summed E-state index contributed by atoms with van der Waals surface area (Å²) in [5.41, 5.74) is 0.332. The molecule has 0 aliphatic carbocycles. The van der Waals surface area contributed by atoms with Crippen molar-refractivity contribution < 1.29 is 13.2 Å². The fourth-order valence-corrected chi connectivity index (χ4v) is 2.84. The van der Waals surface area contributed by atoms with E-state index in [0.717, 1.165) is 43.9 Å². The van der Waals surface area contributed by atoms with Crippen LogP contribution in [0, 0.1) is 6.92 Å². The summed E-state index contributed by atoms with van der Waals surface area (Å²) in [6.45, 7) is 3.63. The van der Waals surface area contributed by atoms with Gasteiger partial charge < -0.3 is 4.90 Å². The van der Waals surface area contributed by atoms with Crippen LogP contribution in [0.1, 0.15) is 30.7 Å². The minimum atomic E-state index is -4.35. The van der Waals surface area contributed by atoms with Crippen LogP contribution in [-0.4, -0.2) is 23.1 Å². The van der Waals surface area contributed by atoms with Gasteiger partial charge in [0.1, 0.15) is 11.6 Å². The Hall–Kier alpha value is -2.11. The Kier molecular flexibility index (Phi) is 4.24. The first-order valence-corrected chi connectivity index (χ1v) is 7.72. The number of nitrogens with zero attached hydrogens (tertiary/aromatic N) is 3. The van der Waals surface area contributed by atoms with Gasteiger partial charge in [-0.1, -0.05) is 12.1 Å². The molecule has 1 fully saturated rings. The molecule has 23 heavy (non-hydrogen) atoms. The van der Waals surface area contributed by atoms with Gasteiger partial charge >= 0.3 is 6.18 Å². The summed E-state index contributed by atoms with van der Waals surface area (Å²) in [6.07, 6.45) is -0.918. The first-order valence-electron chi connectivity index (χ1n) is 7.72.